The second-order valence-corrected chi connectivity index (χ2v) is 18.7. The van der Waals surface area contributed by atoms with Gasteiger partial charge in [0.05, 0.1) is 54.5 Å². The van der Waals surface area contributed by atoms with Crippen LogP contribution in [0.3, 0.4) is 0 Å². The highest BCUT2D eigenvalue weighted by atomic mass is 17.2. The molecule has 0 spiro atoms. The Morgan fingerprint density at radius 2 is 1.61 bits per heavy atom. The van der Waals surface area contributed by atoms with Gasteiger partial charge in [-0.05, 0) is 95.9 Å². The first-order chi connectivity index (χ1) is 29.0. The number of carbonyl (C=O) groups is 3. The number of nitrogens with one attached hydrogen (secondary N) is 1. The molecule has 4 fully saturated rings. The molecule has 0 aromatic rings. The number of hydrogen-bond acceptors (Lipinski definition) is 16. The molecule has 19 atom stereocenters. The summed E-state index contributed by atoms with van der Waals surface area (Å²) in [4.78, 5) is 56.7. The average molecular weight is 886 g/mol. The number of rotatable bonds is 13. The number of fused-ring (bicyclic) bond motifs is 1. The van der Waals surface area contributed by atoms with E-state index in [0.29, 0.717) is 25.9 Å². The van der Waals surface area contributed by atoms with Gasteiger partial charge in [-0.2, -0.15) is 0 Å². The topological polar surface area (TPSA) is 171 Å². The first-order valence-electron chi connectivity index (χ1n) is 22.5. The molecule has 19 unspecified atom stereocenters. The van der Waals surface area contributed by atoms with Crippen LogP contribution in [0.4, 0.5) is 0 Å². The van der Waals surface area contributed by atoms with Gasteiger partial charge in [-0.15, -0.1) is 6.58 Å². The molecule has 1 N–H and O–H groups in total. The molecular weight excluding hydrogens is 807 g/mol. The summed E-state index contributed by atoms with van der Waals surface area (Å²) in [6, 6.07) is -0.756. The van der Waals surface area contributed by atoms with Crippen LogP contribution in [0.1, 0.15) is 102 Å². The van der Waals surface area contributed by atoms with Gasteiger partial charge in [-0.1, -0.05) is 26.8 Å². The first-order valence-corrected chi connectivity index (χ1v) is 22.5. The highest BCUT2D eigenvalue weighted by molar-refractivity contribution is 5.80. The molecule has 17 heteroatoms. The number of esters is 2. The van der Waals surface area contributed by atoms with Crippen LogP contribution in [-0.4, -0.2) is 161 Å². The van der Waals surface area contributed by atoms with Crippen molar-refractivity contribution in [2.45, 2.75) is 193 Å². The zero-order valence-electron chi connectivity index (χ0n) is 40.2. The molecule has 0 aromatic carbocycles. The summed E-state index contributed by atoms with van der Waals surface area (Å²) >= 11 is 0. The Morgan fingerprint density at radius 1 is 0.935 bits per heavy atom. The Labute approximate surface area is 370 Å². The molecule has 0 saturated carbocycles. The van der Waals surface area contributed by atoms with Gasteiger partial charge in [0.1, 0.15) is 23.9 Å². The number of cyclic esters (lactones) is 1. The lowest BCUT2D eigenvalue weighted by molar-refractivity contribution is -0.398. The van der Waals surface area contributed by atoms with Gasteiger partial charge in [-0.25, -0.2) is 9.78 Å². The van der Waals surface area contributed by atoms with Crippen LogP contribution in [0.15, 0.2) is 12.7 Å². The molecule has 17 nitrogen and oxygen atoms in total. The van der Waals surface area contributed by atoms with Crippen molar-refractivity contribution in [3.8, 4) is 0 Å². The molecule has 0 aromatic heterocycles. The van der Waals surface area contributed by atoms with Crippen LogP contribution in [0.2, 0.25) is 0 Å². The number of amides is 1. The van der Waals surface area contributed by atoms with Crippen molar-refractivity contribution < 1.29 is 66.8 Å². The normalized spacial score (nSPS) is 43.9. The second kappa shape index (κ2) is 22.3. The molecule has 358 valence electrons. The standard InChI is InChI=1S/C45H79N3O14/c1-18-31-23-44(11,52-17)38(59-42-37(62-53-20-3)32(47(13)14)22-25(5)54-42)26(6)36(58-34-21-24(4)35(29(9)55-34)56-30(10)49)27(7)41(51)57-33(19-2)45(12)39(28(8)46-40(31)50)60-43(61-45)48(15)16/h18,24-29,31-39,42-43H,1,19-23H2,2-17H3,(H,46,50). The Kier molecular flexibility index (Phi) is 18.8. The van der Waals surface area contributed by atoms with Gasteiger partial charge in [0.2, 0.25) is 12.3 Å². The van der Waals surface area contributed by atoms with Gasteiger partial charge >= 0.3 is 11.9 Å². The van der Waals surface area contributed by atoms with E-state index in [1.54, 1.807) is 25.0 Å². The highest BCUT2D eigenvalue weighted by Crippen LogP contribution is 2.43. The Bertz CT molecular complexity index is 1480. The van der Waals surface area contributed by atoms with Crippen molar-refractivity contribution in [2.75, 3.05) is 41.9 Å². The van der Waals surface area contributed by atoms with Gasteiger partial charge < -0.3 is 52.8 Å². The fourth-order valence-corrected chi connectivity index (χ4v) is 9.77. The van der Waals surface area contributed by atoms with E-state index in [0.717, 1.165) is 0 Å². The monoisotopic (exact) mass is 886 g/mol. The SMILES string of the molecule is C=CC1CC(C)(OC)C(OC2OC(C)CC(N(C)C)C2OOCC)C(C)C(OC2CC(C)C(OC(C)=O)C(C)O2)C(C)C(=O)OC(CC)C2(C)OC(N(C)C)OC2C(C)NC1=O. The summed E-state index contributed by atoms with van der Waals surface area (Å²) in [5.74, 6) is -3.77. The minimum Gasteiger partial charge on any atom is -0.460 e. The van der Waals surface area contributed by atoms with Crippen LogP contribution in [0.5, 0.6) is 0 Å². The zero-order chi connectivity index (χ0) is 46.4. The van der Waals surface area contributed by atoms with Crippen molar-refractivity contribution in [3.05, 3.63) is 12.7 Å². The molecule has 4 aliphatic heterocycles. The number of carbonyl (C=O) groups excluding carboxylic acids is 3. The van der Waals surface area contributed by atoms with Crippen molar-refractivity contribution >= 4 is 17.8 Å². The Hall–Kier alpha value is -2.29. The van der Waals surface area contributed by atoms with Crippen LogP contribution >= 0.6 is 0 Å². The van der Waals surface area contributed by atoms with Crippen molar-refractivity contribution in [1.29, 1.82) is 0 Å². The predicted octanol–water partition coefficient (Wildman–Crippen LogP) is 4.59. The molecule has 0 bridgehead atoms. The molecule has 0 radical (unpaired) electrons. The van der Waals surface area contributed by atoms with E-state index in [9.17, 15) is 14.4 Å². The van der Waals surface area contributed by atoms with Crippen molar-refractivity contribution in [2.24, 2.45) is 23.7 Å². The number of methoxy groups -OCH3 is 1. The molecule has 4 aliphatic rings. The molecule has 4 saturated heterocycles. The lowest BCUT2D eigenvalue weighted by Crippen LogP contribution is -2.60. The first kappa shape index (κ1) is 52.3. The summed E-state index contributed by atoms with van der Waals surface area (Å²) in [5, 5.41) is 3.17. The molecule has 62 heavy (non-hydrogen) atoms. The van der Waals surface area contributed by atoms with Crippen LogP contribution < -0.4 is 5.32 Å². The minimum absolute atomic E-state index is 0.109. The lowest BCUT2D eigenvalue weighted by atomic mass is 9.77. The largest absolute Gasteiger partial charge is 0.460 e. The summed E-state index contributed by atoms with van der Waals surface area (Å²) in [7, 11) is 9.15. The van der Waals surface area contributed by atoms with E-state index in [-0.39, 0.29) is 30.4 Å². The fraction of sp³-hybridized carbons (Fsp3) is 0.889. The van der Waals surface area contributed by atoms with Crippen LogP contribution in [0.25, 0.3) is 0 Å². The molecule has 1 amide bonds. The average Bonchev–Trinajstić information content (AvgIpc) is 3.58. The van der Waals surface area contributed by atoms with E-state index in [4.69, 9.17) is 52.4 Å². The molecular formula is C45H79N3O14. The van der Waals surface area contributed by atoms with Gasteiger partial charge in [0.25, 0.3) is 0 Å². The molecule has 4 rings (SSSR count). The van der Waals surface area contributed by atoms with E-state index < -0.39 is 109 Å². The zero-order valence-corrected chi connectivity index (χ0v) is 40.2. The number of likely N-dealkylation sites (N-methyl/N-ethyl adjacent to an activating group) is 1. The molecule has 0 aliphatic carbocycles. The highest BCUT2D eigenvalue weighted by Gasteiger charge is 2.57. The summed E-state index contributed by atoms with van der Waals surface area (Å²) in [5.41, 5.74) is -2.43. The van der Waals surface area contributed by atoms with E-state index in [1.807, 2.05) is 90.5 Å². The van der Waals surface area contributed by atoms with Gasteiger partial charge in [0, 0.05) is 38.3 Å². The van der Waals surface area contributed by atoms with E-state index in [2.05, 4.69) is 16.8 Å². The fourth-order valence-electron chi connectivity index (χ4n) is 9.77. The molecule has 4 heterocycles. The van der Waals surface area contributed by atoms with E-state index in [1.165, 1.54) is 6.92 Å². The third kappa shape index (κ3) is 11.9. The maximum atomic E-state index is 14.8. The smallest absolute Gasteiger partial charge is 0.311 e. The quantitative estimate of drug-likeness (QED) is 0.118. The number of hydrogen-bond donors (Lipinski definition) is 1. The summed E-state index contributed by atoms with van der Waals surface area (Å²) in [6.07, 6.45) is -4.82. The van der Waals surface area contributed by atoms with Crippen molar-refractivity contribution in [1.82, 2.24) is 15.1 Å². The van der Waals surface area contributed by atoms with Crippen LogP contribution in [0, 0.1) is 23.7 Å². The second-order valence-electron chi connectivity index (χ2n) is 18.7. The Morgan fingerprint density at radius 3 is 2.16 bits per heavy atom. The number of ether oxygens (including phenoxy) is 9. The van der Waals surface area contributed by atoms with Crippen molar-refractivity contribution in [3.63, 3.8) is 0 Å². The third-order valence-electron chi connectivity index (χ3n) is 13.3. The third-order valence-corrected chi connectivity index (χ3v) is 13.3. The summed E-state index contributed by atoms with van der Waals surface area (Å²) in [6.45, 7) is 24.6. The lowest BCUT2D eigenvalue weighted by Gasteiger charge is -2.49. The maximum Gasteiger partial charge on any atom is 0.311 e. The maximum absolute atomic E-state index is 14.8. The predicted molar refractivity (Wildman–Crippen MR) is 228 cm³/mol. The van der Waals surface area contributed by atoms with Gasteiger partial charge in [0.15, 0.2) is 18.7 Å². The van der Waals surface area contributed by atoms with Gasteiger partial charge in [-0.3, -0.25) is 19.3 Å². The number of nitrogens with zero attached hydrogens (tertiary/aromatic N) is 2. The summed E-state index contributed by atoms with van der Waals surface area (Å²) < 4.78 is 58.8. The Balaban J connectivity index is 1.90. The van der Waals surface area contributed by atoms with Crippen LogP contribution in [-0.2, 0) is 66.8 Å². The minimum atomic E-state index is -1.25. The van der Waals surface area contributed by atoms with E-state index >= 15 is 0 Å².